The van der Waals surface area contributed by atoms with Crippen LogP contribution in [0.1, 0.15) is 37.2 Å². The first-order valence-corrected chi connectivity index (χ1v) is 6.86. The lowest BCUT2D eigenvalue weighted by molar-refractivity contribution is -0.484. The van der Waals surface area contributed by atoms with Gasteiger partial charge in [0.2, 0.25) is 6.54 Å². The number of carbonyl (C=O) groups is 1. The molecule has 1 aliphatic rings. The van der Waals surface area contributed by atoms with Gasteiger partial charge in [0.05, 0.1) is 5.92 Å². The van der Waals surface area contributed by atoms with Gasteiger partial charge in [0.1, 0.15) is 5.78 Å². The van der Waals surface area contributed by atoms with Crippen molar-refractivity contribution >= 4 is 17.4 Å². The van der Waals surface area contributed by atoms with Crippen molar-refractivity contribution in [3.63, 3.8) is 0 Å². The summed E-state index contributed by atoms with van der Waals surface area (Å²) in [5.41, 5.74) is 0.723. The first kappa shape index (κ1) is 14.0. The van der Waals surface area contributed by atoms with Gasteiger partial charge in [0, 0.05) is 22.3 Å². The van der Waals surface area contributed by atoms with Crippen LogP contribution in [0, 0.1) is 16.0 Å². The highest BCUT2D eigenvalue weighted by molar-refractivity contribution is 6.31. The van der Waals surface area contributed by atoms with Gasteiger partial charge in [0.25, 0.3) is 0 Å². The minimum atomic E-state index is -0.406. The first-order valence-electron chi connectivity index (χ1n) is 6.48. The predicted octanol–water partition coefficient (Wildman–Crippen LogP) is 3.46. The predicted molar refractivity (Wildman–Crippen MR) is 73.0 cm³/mol. The lowest BCUT2D eigenvalue weighted by Crippen LogP contribution is -2.30. The van der Waals surface area contributed by atoms with Gasteiger partial charge in [-0.05, 0) is 24.5 Å². The molecule has 0 amide bonds. The first-order chi connectivity index (χ1) is 9.09. The molecule has 2 rings (SSSR count). The molecule has 0 saturated heterocycles. The lowest BCUT2D eigenvalue weighted by atomic mass is 9.76. The van der Waals surface area contributed by atoms with Crippen molar-refractivity contribution in [2.24, 2.45) is 5.92 Å². The van der Waals surface area contributed by atoms with Gasteiger partial charge in [-0.25, -0.2) is 0 Å². The summed E-state index contributed by atoms with van der Waals surface area (Å²) in [7, 11) is 0. The van der Waals surface area contributed by atoms with E-state index in [-0.39, 0.29) is 23.2 Å². The van der Waals surface area contributed by atoms with Gasteiger partial charge < -0.3 is 0 Å². The van der Waals surface area contributed by atoms with E-state index in [0.29, 0.717) is 11.4 Å². The summed E-state index contributed by atoms with van der Waals surface area (Å²) in [6.07, 6.45) is 3.10. The maximum atomic E-state index is 12.0. The molecule has 0 bridgehead atoms. The third-order valence-electron chi connectivity index (χ3n) is 3.74. The summed E-state index contributed by atoms with van der Waals surface area (Å²) in [5, 5.41) is 11.4. The molecular weight excluding hydrogens is 266 g/mol. The maximum Gasteiger partial charge on any atom is 0.211 e. The van der Waals surface area contributed by atoms with Crippen LogP contribution in [0.25, 0.3) is 0 Å². The van der Waals surface area contributed by atoms with Gasteiger partial charge >= 0.3 is 0 Å². The molecule has 0 unspecified atom stereocenters. The summed E-state index contributed by atoms with van der Waals surface area (Å²) >= 11 is 6.14. The Morgan fingerprint density at radius 1 is 1.37 bits per heavy atom. The van der Waals surface area contributed by atoms with Crippen molar-refractivity contribution in [2.45, 2.75) is 31.6 Å². The van der Waals surface area contributed by atoms with E-state index in [4.69, 9.17) is 11.6 Å². The largest absolute Gasteiger partial charge is 0.299 e. The van der Waals surface area contributed by atoms with E-state index in [2.05, 4.69) is 0 Å². The van der Waals surface area contributed by atoms with Crippen LogP contribution in [0.2, 0.25) is 5.02 Å². The zero-order valence-electron chi connectivity index (χ0n) is 10.5. The fraction of sp³-hybridized carbons (Fsp3) is 0.500. The number of nitro groups is 1. The fourth-order valence-electron chi connectivity index (χ4n) is 2.81. The van der Waals surface area contributed by atoms with E-state index in [9.17, 15) is 14.9 Å². The van der Waals surface area contributed by atoms with E-state index in [1.54, 1.807) is 18.2 Å². The molecule has 5 heteroatoms. The highest BCUT2D eigenvalue weighted by Crippen LogP contribution is 2.36. The van der Waals surface area contributed by atoms with Gasteiger partial charge in [-0.1, -0.05) is 36.2 Å². The minimum Gasteiger partial charge on any atom is -0.299 e. The van der Waals surface area contributed by atoms with Gasteiger partial charge in [-0.2, -0.15) is 0 Å². The van der Waals surface area contributed by atoms with E-state index in [0.717, 1.165) is 24.8 Å². The molecule has 0 aromatic heterocycles. The number of rotatable bonds is 4. The Morgan fingerprint density at radius 2 is 2.11 bits per heavy atom. The number of ketones is 1. The van der Waals surface area contributed by atoms with Crippen molar-refractivity contribution < 1.29 is 9.72 Å². The molecular formula is C14H16ClNO3. The average Bonchev–Trinajstić information content (AvgIpc) is 2.37. The third-order valence-corrected chi connectivity index (χ3v) is 4.08. The number of halogens is 1. The smallest absolute Gasteiger partial charge is 0.211 e. The molecule has 19 heavy (non-hydrogen) atoms. The number of benzene rings is 1. The molecule has 2 atom stereocenters. The third kappa shape index (κ3) is 3.32. The Kier molecular flexibility index (Phi) is 4.53. The van der Waals surface area contributed by atoms with Crippen molar-refractivity contribution in [3.8, 4) is 0 Å². The molecule has 0 radical (unpaired) electrons. The van der Waals surface area contributed by atoms with Crippen molar-refractivity contribution in [3.05, 3.63) is 45.0 Å². The normalized spacial score (nSPS) is 21.1. The molecule has 1 aromatic rings. The zero-order chi connectivity index (χ0) is 13.8. The molecule has 0 heterocycles. The van der Waals surface area contributed by atoms with E-state index >= 15 is 0 Å². The second-order valence-corrected chi connectivity index (χ2v) is 5.37. The Balaban J connectivity index is 2.32. The van der Waals surface area contributed by atoms with Crippen molar-refractivity contribution in [1.29, 1.82) is 0 Å². The van der Waals surface area contributed by atoms with Crippen LogP contribution in [0.15, 0.2) is 24.3 Å². The second-order valence-electron chi connectivity index (χ2n) is 4.96. The SMILES string of the molecule is O=C1CCCC[C@H]1[C@@H](C[N+](=O)[O-])c1ccccc1Cl. The molecule has 0 aliphatic heterocycles. The number of nitrogens with zero attached hydrogens (tertiary/aromatic N) is 1. The number of carbonyl (C=O) groups excluding carboxylic acids is 1. The standard InChI is InChI=1S/C14H16ClNO3/c15-13-7-3-1-5-10(13)12(9-16(18)19)11-6-2-4-8-14(11)17/h1,3,5,7,11-12H,2,4,6,8-9H2/t11-,12-/m0/s1. The van der Waals surface area contributed by atoms with Crippen molar-refractivity contribution in [2.75, 3.05) is 6.54 Å². The highest BCUT2D eigenvalue weighted by Gasteiger charge is 2.35. The monoisotopic (exact) mass is 281 g/mol. The lowest BCUT2D eigenvalue weighted by Gasteiger charge is -2.27. The Morgan fingerprint density at radius 3 is 2.74 bits per heavy atom. The van der Waals surface area contributed by atoms with Crippen LogP contribution >= 0.6 is 11.6 Å². The van der Waals surface area contributed by atoms with Gasteiger partial charge in [-0.3, -0.25) is 14.9 Å². The van der Waals surface area contributed by atoms with Crippen molar-refractivity contribution in [1.82, 2.24) is 0 Å². The van der Waals surface area contributed by atoms with E-state index < -0.39 is 5.92 Å². The molecule has 1 aromatic carbocycles. The molecule has 1 fully saturated rings. The highest BCUT2D eigenvalue weighted by atomic mass is 35.5. The minimum absolute atomic E-state index is 0.137. The molecule has 0 N–H and O–H groups in total. The van der Waals surface area contributed by atoms with E-state index in [1.807, 2.05) is 6.07 Å². The van der Waals surface area contributed by atoms with Crippen LogP contribution in [0.4, 0.5) is 0 Å². The van der Waals surface area contributed by atoms with Crippen LogP contribution in [0.5, 0.6) is 0 Å². The Bertz CT molecular complexity index is 489. The summed E-state index contributed by atoms with van der Waals surface area (Å²) in [4.78, 5) is 22.6. The molecule has 1 aliphatic carbocycles. The van der Waals surface area contributed by atoms with Crippen LogP contribution < -0.4 is 0 Å². The fourth-order valence-corrected chi connectivity index (χ4v) is 3.09. The number of hydrogen-bond acceptors (Lipinski definition) is 3. The number of Topliss-reactive ketones (excluding diaryl/α,β-unsaturated/α-hetero) is 1. The quantitative estimate of drug-likeness (QED) is 0.627. The Hall–Kier alpha value is -1.42. The second kappa shape index (κ2) is 6.15. The summed E-state index contributed by atoms with van der Waals surface area (Å²) < 4.78 is 0. The number of hydrogen-bond donors (Lipinski definition) is 0. The molecule has 1 saturated carbocycles. The van der Waals surface area contributed by atoms with Gasteiger partial charge in [0.15, 0.2) is 0 Å². The molecule has 4 nitrogen and oxygen atoms in total. The molecule has 102 valence electrons. The Labute approximate surface area is 116 Å². The maximum absolute atomic E-state index is 12.0. The van der Waals surface area contributed by atoms with Crippen LogP contribution in [-0.2, 0) is 4.79 Å². The summed E-state index contributed by atoms with van der Waals surface area (Å²) in [6, 6.07) is 7.11. The summed E-state index contributed by atoms with van der Waals surface area (Å²) in [5.74, 6) is -0.534. The van der Waals surface area contributed by atoms with Crippen LogP contribution in [-0.4, -0.2) is 17.3 Å². The average molecular weight is 282 g/mol. The van der Waals surface area contributed by atoms with E-state index in [1.165, 1.54) is 0 Å². The topological polar surface area (TPSA) is 60.2 Å². The van der Waals surface area contributed by atoms with Gasteiger partial charge in [-0.15, -0.1) is 0 Å². The van der Waals surface area contributed by atoms with Crippen LogP contribution in [0.3, 0.4) is 0 Å². The zero-order valence-corrected chi connectivity index (χ0v) is 11.3. The molecule has 0 spiro atoms. The summed E-state index contributed by atoms with van der Waals surface area (Å²) in [6.45, 7) is -0.236.